The summed E-state index contributed by atoms with van der Waals surface area (Å²) in [6, 6.07) is 26.7. The lowest BCUT2D eigenvalue weighted by atomic mass is 10.1. The van der Waals surface area contributed by atoms with Crippen LogP contribution in [0.4, 0.5) is 11.5 Å². The predicted octanol–water partition coefficient (Wildman–Crippen LogP) is 5.49. The number of hydrogen-bond donors (Lipinski definition) is 1. The van der Waals surface area contributed by atoms with Gasteiger partial charge in [-0.2, -0.15) is 0 Å². The van der Waals surface area contributed by atoms with E-state index in [9.17, 15) is 0 Å². The van der Waals surface area contributed by atoms with Crippen LogP contribution in [0.25, 0.3) is 28.4 Å². The Morgan fingerprint density at radius 2 is 1.55 bits per heavy atom. The molecule has 144 valence electrons. The van der Waals surface area contributed by atoms with E-state index in [4.69, 9.17) is 9.97 Å². The second kappa shape index (κ2) is 8.57. The average Bonchev–Trinajstić information content (AvgIpc) is 2.77. The van der Waals surface area contributed by atoms with Crippen LogP contribution in [0.2, 0.25) is 0 Å². The Kier molecular flexibility index (Phi) is 5.52. The first-order valence-electron chi connectivity index (χ1n) is 9.71. The molecule has 0 bridgehead atoms. The maximum atomic E-state index is 4.79. The van der Waals surface area contributed by atoms with Crippen molar-refractivity contribution in [1.29, 1.82) is 0 Å². The molecule has 4 rings (SSSR count). The third-order valence-electron chi connectivity index (χ3n) is 4.74. The largest absolute Gasteiger partial charge is 0.378 e. The summed E-state index contributed by atoms with van der Waals surface area (Å²) in [5.41, 5.74) is 4.32. The second-order valence-corrected chi connectivity index (χ2v) is 7.05. The van der Waals surface area contributed by atoms with Crippen molar-refractivity contribution in [3.63, 3.8) is 0 Å². The number of para-hydroxylation sites is 1. The van der Waals surface area contributed by atoms with Gasteiger partial charge >= 0.3 is 0 Å². The summed E-state index contributed by atoms with van der Waals surface area (Å²) in [5, 5.41) is 4.48. The molecular formula is C25H24N4. The Balaban J connectivity index is 1.54. The molecule has 1 aromatic heterocycles. The Labute approximate surface area is 171 Å². The lowest BCUT2D eigenvalue weighted by Gasteiger charge is -2.12. The van der Waals surface area contributed by atoms with E-state index in [-0.39, 0.29) is 0 Å². The fraction of sp³-hybridized carbons (Fsp3) is 0.120. The Morgan fingerprint density at radius 3 is 2.31 bits per heavy atom. The monoisotopic (exact) mass is 380 g/mol. The van der Waals surface area contributed by atoms with Gasteiger partial charge in [-0.25, -0.2) is 9.97 Å². The third kappa shape index (κ3) is 4.43. The lowest BCUT2D eigenvalue weighted by molar-refractivity contribution is 1.13. The zero-order valence-electron chi connectivity index (χ0n) is 16.7. The van der Waals surface area contributed by atoms with Crippen molar-refractivity contribution < 1.29 is 0 Å². The molecule has 0 saturated carbocycles. The van der Waals surface area contributed by atoms with Crippen LogP contribution in [-0.2, 0) is 0 Å². The van der Waals surface area contributed by atoms with Crippen LogP contribution in [0.5, 0.6) is 0 Å². The van der Waals surface area contributed by atoms with Gasteiger partial charge in [-0.05, 0) is 29.8 Å². The highest BCUT2D eigenvalue weighted by Gasteiger charge is 2.08. The highest BCUT2D eigenvalue weighted by atomic mass is 15.1. The van der Waals surface area contributed by atoms with Crippen molar-refractivity contribution in [1.82, 2.24) is 9.97 Å². The minimum absolute atomic E-state index is 0.685. The Hall–Kier alpha value is -3.66. The standard InChI is InChI=1S/C25H24N4/c1-29(2)21-16-14-19(15-17-21)9-8-18-26-25-22-12-6-7-13-23(22)27-24(28-25)20-10-4-3-5-11-20/h3-17H,18H2,1-2H3,(H,26,27,28)/b9-8-. The number of anilines is 2. The number of nitrogens with one attached hydrogen (secondary N) is 1. The molecule has 0 spiro atoms. The molecule has 0 fully saturated rings. The van der Waals surface area contributed by atoms with Crippen molar-refractivity contribution in [3.05, 3.63) is 90.5 Å². The smallest absolute Gasteiger partial charge is 0.162 e. The number of fused-ring (bicyclic) bond motifs is 1. The van der Waals surface area contributed by atoms with Crippen LogP contribution in [0.15, 0.2) is 84.9 Å². The van der Waals surface area contributed by atoms with Crippen molar-refractivity contribution in [2.45, 2.75) is 0 Å². The van der Waals surface area contributed by atoms with Crippen LogP contribution >= 0.6 is 0 Å². The number of aromatic nitrogens is 2. The van der Waals surface area contributed by atoms with E-state index in [1.165, 1.54) is 11.3 Å². The maximum absolute atomic E-state index is 4.79. The van der Waals surface area contributed by atoms with Gasteiger partial charge in [0.15, 0.2) is 5.82 Å². The van der Waals surface area contributed by atoms with Gasteiger partial charge in [0, 0.05) is 37.3 Å². The molecule has 0 atom stereocenters. The van der Waals surface area contributed by atoms with Crippen LogP contribution < -0.4 is 10.2 Å². The summed E-state index contributed by atoms with van der Waals surface area (Å²) in [7, 11) is 4.09. The molecule has 1 N–H and O–H groups in total. The number of rotatable bonds is 6. The molecule has 4 heteroatoms. The quantitative estimate of drug-likeness (QED) is 0.480. The third-order valence-corrected chi connectivity index (χ3v) is 4.74. The summed E-state index contributed by atoms with van der Waals surface area (Å²) in [5.74, 6) is 1.58. The Morgan fingerprint density at radius 1 is 0.828 bits per heavy atom. The average molecular weight is 380 g/mol. The molecular weight excluding hydrogens is 356 g/mol. The zero-order valence-corrected chi connectivity index (χ0v) is 16.7. The number of hydrogen-bond acceptors (Lipinski definition) is 4. The minimum atomic E-state index is 0.685. The number of nitrogens with zero attached hydrogens (tertiary/aromatic N) is 3. The lowest BCUT2D eigenvalue weighted by Crippen LogP contribution is -2.07. The van der Waals surface area contributed by atoms with Crippen molar-refractivity contribution in [2.75, 3.05) is 30.9 Å². The summed E-state index contributed by atoms with van der Waals surface area (Å²) in [6.45, 7) is 0.685. The molecule has 0 unspecified atom stereocenters. The fourth-order valence-electron chi connectivity index (χ4n) is 3.16. The van der Waals surface area contributed by atoms with Crippen LogP contribution in [0.1, 0.15) is 5.56 Å². The van der Waals surface area contributed by atoms with Gasteiger partial charge in [-0.3, -0.25) is 0 Å². The van der Waals surface area contributed by atoms with Crippen molar-refractivity contribution >= 4 is 28.5 Å². The molecule has 1 heterocycles. The van der Waals surface area contributed by atoms with Crippen LogP contribution in [0.3, 0.4) is 0 Å². The van der Waals surface area contributed by atoms with Gasteiger partial charge in [0.25, 0.3) is 0 Å². The van der Waals surface area contributed by atoms with Gasteiger partial charge in [-0.15, -0.1) is 0 Å². The van der Waals surface area contributed by atoms with E-state index in [0.29, 0.717) is 6.54 Å². The molecule has 29 heavy (non-hydrogen) atoms. The summed E-state index contributed by atoms with van der Waals surface area (Å²) < 4.78 is 0. The normalized spacial score (nSPS) is 11.1. The van der Waals surface area contributed by atoms with Gasteiger partial charge in [-0.1, -0.05) is 66.7 Å². The Bertz CT molecular complexity index is 1120. The van der Waals surface area contributed by atoms with E-state index in [2.05, 4.69) is 52.7 Å². The molecule has 0 radical (unpaired) electrons. The first kappa shape index (κ1) is 18.7. The highest BCUT2D eigenvalue weighted by molar-refractivity contribution is 5.90. The molecule has 3 aromatic carbocycles. The van der Waals surface area contributed by atoms with E-state index in [1.54, 1.807) is 0 Å². The van der Waals surface area contributed by atoms with Gasteiger partial charge in [0.2, 0.25) is 0 Å². The molecule has 0 aliphatic rings. The van der Waals surface area contributed by atoms with Gasteiger partial charge in [0.1, 0.15) is 5.82 Å². The van der Waals surface area contributed by atoms with E-state index in [0.717, 1.165) is 28.1 Å². The van der Waals surface area contributed by atoms with Crippen LogP contribution in [-0.4, -0.2) is 30.6 Å². The SMILES string of the molecule is CN(C)c1ccc(/C=C\CNc2nc(-c3ccccc3)nc3ccccc23)cc1. The predicted molar refractivity (Wildman–Crippen MR) is 123 cm³/mol. The van der Waals surface area contributed by atoms with Gasteiger partial charge < -0.3 is 10.2 Å². The van der Waals surface area contributed by atoms with E-state index < -0.39 is 0 Å². The first-order chi connectivity index (χ1) is 14.2. The van der Waals surface area contributed by atoms with Crippen molar-refractivity contribution in [2.24, 2.45) is 0 Å². The first-order valence-corrected chi connectivity index (χ1v) is 9.71. The van der Waals surface area contributed by atoms with Gasteiger partial charge in [0.05, 0.1) is 5.52 Å². The molecule has 4 aromatic rings. The maximum Gasteiger partial charge on any atom is 0.162 e. The molecule has 4 nitrogen and oxygen atoms in total. The topological polar surface area (TPSA) is 41.0 Å². The fourth-order valence-corrected chi connectivity index (χ4v) is 3.16. The van der Waals surface area contributed by atoms with E-state index in [1.807, 2.05) is 62.6 Å². The summed E-state index contributed by atoms with van der Waals surface area (Å²) in [6.07, 6.45) is 4.23. The van der Waals surface area contributed by atoms with E-state index >= 15 is 0 Å². The number of benzene rings is 3. The zero-order chi connectivity index (χ0) is 20.1. The van der Waals surface area contributed by atoms with Crippen molar-refractivity contribution in [3.8, 4) is 11.4 Å². The summed E-state index contributed by atoms with van der Waals surface area (Å²) in [4.78, 5) is 11.6. The molecule has 0 amide bonds. The molecule has 0 aliphatic heterocycles. The molecule has 0 saturated heterocycles. The molecule has 0 aliphatic carbocycles. The minimum Gasteiger partial charge on any atom is -0.378 e. The highest BCUT2D eigenvalue weighted by Crippen LogP contribution is 2.24. The van der Waals surface area contributed by atoms with Crippen LogP contribution in [0, 0.1) is 0 Å². The summed E-state index contributed by atoms with van der Waals surface area (Å²) >= 11 is 0. The second-order valence-electron chi connectivity index (χ2n) is 7.05.